The van der Waals surface area contributed by atoms with Gasteiger partial charge in [0.15, 0.2) is 5.78 Å². The highest BCUT2D eigenvalue weighted by Gasteiger charge is 2.20. The topological polar surface area (TPSA) is 40.5 Å². The predicted molar refractivity (Wildman–Crippen MR) is 96.6 cm³/mol. The van der Waals surface area contributed by atoms with Gasteiger partial charge in [-0.3, -0.25) is 9.69 Å². The minimum Gasteiger partial charge on any atom is -0.508 e. The molecule has 0 amide bonds. The molecule has 24 heavy (non-hydrogen) atoms. The fourth-order valence-electron chi connectivity index (χ4n) is 3.19. The molecule has 3 nitrogen and oxygen atoms in total. The van der Waals surface area contributed by atoms with Gasteiger partial charge in [-0.2, -0.15) is 0 Å². The predicted octanol–water partition coefficient (Wildman–Crippen LogP) is 3.93. The van der Waals surface area contributed by atoms with Crippen LogP contribution in [0, 0.1) is 0 Å². The third-order valence-corrected chi connectivity index (χ3v) is 4.72. The van der Waals surface area contributed by atoms with Gasteiger partial charge in [-0.1, -0.05) is 51.1 Å². The Morgan fingerprint density at radius 2 is 1.79 bits per heavy atom. The second-order valence-electron chi connectivity index (χ2n) is 7.66. The first kappa shape index (κ1) is 16.7. The number of hydrogen-bond donors (Lipinski definition) is 1. The van der Waals surface area contributed by atoms with E-state index in [-0.39, 0.29) is 11.2 Å². The fraction of sp³-hybridized carbons (Fsp3) is 0.381. The van der Waals surface area contributed by atoms with Gasteiger partial charge in [0.25, 0.3) is 0 Å². The summed E-state index contributed by atoms with van der Waals surface area (Å²) in [5.41, 5.74) is 4.49. The molecular formula is C21H25NO2. The van der Waals surface area contributed by atoms with E-state index in [0.29, 0.717) is 12.3 Å². The van der Waals surface area contributed by atoms with Crippen LogP contribution in [-0.4, -0.2) is 28.9 Å². The summed E-state index contributed by atoms with van der Waals surface area (Å²) in [5.74, 6) is 0.443. The Labute approximate surface area is 143 Å². The molecule has 0 spiro atoms. The molecule has 3 rings (SSSR count). The van der Waals surface area contributed by atoms with E-state index in [2.05, 4.69) is 37.8 Å². The Balaban J connectivity index is 1.67. The molecule has 0 bridgehead atoms. The lowest BCUT2D eigenvalue weighted by Crippen LogP contribution is -2.34. The lowest BCUT2D eigenvalue weighted by Gasteiger charge is -2.28. The summed E-state index contributed by atoms with van der Waals surface area (Å²) in [6, 6.07) is 13.5. The molecule has 0 radical (unpaired) electrons. The van der Waals surface area contributed by atoms with Crippen LogP contribution in [0.4, 0.5) is 0 Å². The molecule has 0 aromatic heterocycles. The summed E-state index contributed by atoms with van der Waals surface area (Å²) in [6.45, 7) is 8.53. The van der Waals surface area contributed by atoms with E-state index in [1.54, 1.807) is 6.07 Å². The first-order valence-corrected chi connectivity index (χ1v) is 8.50. The minimum absolute atomic E-state index is 0.0974. The second-order valence-corrected chi connectivity index (χ2v) is 7.66. The standard InChI is InChI=1S/C21H25NO2/c1-21(2,3)18-7-4-16(5-8-18)20(24)14-22-11-10-15-6-9-19(23)12-17(15)13-22/h4-9,12,23H,10-11,13-14H2,1-3H3. The SMILES string of the molecule is CC(C)(C)c1ccc(C(=O)CN2CCc3ccc(O)cc3C2)cc1. The normalized spacial score (nSPS) is 15.1. The van der Waals surface area contributed by atoms with E-state index < -0.39 is 0 Å². The van der Waals surface area contributed by atoms with Gasteiger partial charge in [0.2, 0.25) is 0 Å². The lowest BCUT2D eigenvalue weighted by atomic mass is 9.86. The first-order valence-electron chi connectivity index (χ1n) is 8.50. The molecule has 1 aliphatic rings. The Kier molecular flexibility index (Phi) is 4.46. The van der Waals surface area contributed by atoms with Crippen molar-refractivity contribution >= 4 is 5.78 Å². The largest absolute Gasteiger partial charge is 0.508 e. The molecule has 1 aliphatic heterocycles. The van der Waals surface area contributed by atoms with E-state index in [9.17, 15) is 9.90 Å². The zero-order valence-corrected chi connectivity index (χ0v) is 14.7. The summed E-state index contributed by atoms with van der Waals surface area (Å²) in [5, 5.41) is 9.64. The maximum absolute atomic E-state index is 12.6. The van der Waals surface area contributed by atoms with Gasteiger partial charge in [0, 0.05) is 18.7 Å². The maximum Gasteiger partial charge on any atom is 0.176 e. The van der Waals surface area contributed by atoms with Crippen molar-refractivity contribution in [3.05, 3.63) is 64.7 Å². The molecule has 0 unspecified atom stereocenters. The number of nitrogens with zero attached hydrogens (tertiary/aromatic N) is 1. The number of Topliss-reactive ketones (excluding diaryl/α,β-unsaturated/α-hetero) is 1. The van der Waals surface area contributed by atoms with E-state index in [4.69, 9.17) is 0 Å². The van der Waals surface area contributed by atoms with Crippen LogP contribution in [0.25, 0.3) is 0 Å². The molecule has 0 saturated heterocycles. The Hall–Kier alpha value is -2.13. The maximum atomic E-state index is 12.6. The number of phenolic OH excluding ortho intramolecular Hbond substituents is 1. The van der Waals surface area contributed by atoms with Gasteiger partial charge < -0.3 is 5.11 Å². The lowest BCUT2D eigenvalue weighted by molar-refractivity contribution is 0.0921. The van der Waals surface area contributed by atoms with E-state index in [1.165, 1.54) is 11.1 Å². The van der Waals surface area contributed by atoms with Gasteiger partial charge >= 0.3 is 0 Å². The van der Waals surface area contributed by atoms with E-state index in [0.717, 1.165) is 30.6 Å². The average Bonchev–Trinajstić information content (AvgIpc) is 2.53. The Bertz CT molecular complexity index is 741. The average molecular weight is 323 g/mol. The number of phenols is 1. The van der Waals surface area contributed by atoms with E-state index in [1.807, 2.05) is 24.3 Å². The van der Waals surface area contributed by atoms with Crippen molar-refractivity contribution in [3.63, 3.8) is 0 Å². The summed E-state index contributed by atoms with van der Waals surface area (Å²) < 4.78 is 0. The number of hydrogen-bond acceptors (Lipinski definition) is 3. The highest BCUT2D eigenvalue weighted by Crippen LogP contribution is 2.24. The molecular weight excluding hydrogens is 298 g/mol. The molecule has 2 aromatic rings. The molecule has 1 N–H and O–H groups in total. The van der Waals surface area contributed by atoms with Crippen molar-refractivity contribution < 1.29 is 9.90 Å². The van der Waals surface area contributed by atoms with Crippen LogP contribution in [0.3, 0.4) is 0 Å². The molecule has 1 heterocycles. The molecule has 0 atom stereocenters. The molecule has 0 saturated carbocycles. The number of carbonyl (C=O) groups is 1. The number of aromatic hydroxyl groups is 1. The number of rotatable bonds is 3. The molecule has 0 aliphatic carbocycles. The summed E-state index contributed by atoms with van der Waals surface area (Å²) >= 11 is 0. The van der Waals surface area contributed by atoms with Gasteiger partial charge in [-0.25, -0.2) is 0 Å². The fourth-order valence-corrected chi connectivity index (χ4v) is 3.19. The minimum atomic E-state index is 0.0974. The van der Waals surface area contributed by atoms with Crippen LogP contribution >= 0.6 is 0 Å². The van der Waals surface area contributed by atoms with Crippen molar-refractivity contribution in [2.45, 2.75) is 39.2 Å². The van der Waals surface area contributed by atoms with Crippen LogP contribution in [0.15, 0.2) is 42.5 Å². The monoisotopic (exact) mass is 323 g/mol. The van der Waals surface area contributed by atoms with Gasteiger partial charge in [0.05, 0.1) is 6.54 Å². The third kappa shape index (κ3) is 3.68. The quantitative estimate of drug-likeness (QED) is 0.870. The Morgan fingerprint density at radius 3 is 2.46 bits per heavy atom. The van der Waals surface area contributed by atoms with Gasteiger partial charge in [0.1, 0.15) is 5.75 Å². The van der Waals surface area contributed by atoms with Crippen molar-refractivity contribution in [2.75, 3.05) is 13.1 Å². The third-order valence-electron chi connectivity index (χ3n) is 4.72. The number of carbonyl (C=O) groups excluding carboxylic acids is 1. The summed E-state index contributed by atoms with van der Waals surface area (Å²) in [4.78, 5) is 14.7. The Morgan fingerprint density at radius 1 is 1.08 bits per heavy atom. The summed E-state index contributed by atoms with van der Waals surface area (Å²) in [6.07, 6.45) is 0.922. The van der Waals surface area contributed by atoms with Crippen LogP contribution in [-0.2, 0) is 18.4 Å². The first-order chi connectivity index (χ1) is 11.3. The zero-order valence-electron chi connectivity index (χ0n) is 14.7. The number of ketones is 1. The van der Waals surface area contributed by atoms with Crippen molar-refractivity contribution in [1.29, 1.82) is 0 Å². The molecule has 3 heteroatoms. The summed E-state index contributed by atoms with van der Waals surface area (Å²) in [7, 11) is 0. The molecule has 0 fully saturated rings. The van der Waals surface area contributed by atoms with Crippen LogP contribution in [0.5, 0.6) is 5.75 Å². The number of fused-ring (bicyclic) bond motifs is 1. The second kappa shape index (κ2) is 6.40. The van der Waals surface area contributed by atoms with E-state index >= 15 is 0 Å². The van der Waals surface area contributed by atoms with Crippen LogP contribution < -0.4 is 0 Å². The number of benzene rings is 2. The molecule has 126 valence electrons. The smallest absolute Gasteiger partial charge is 0.176 e. The van der Waals surface area contributed by atoms with Crippen molar-refractivity contribution in [3.8, 4) is 5.75 Å². The van der Waals surface area contributed by atoms with Gasteiger partial charge in [-0.15, -0.1) is 0 Å². The van der Waals surface area contributed by atoms with Crippen molar-refractivity contribution in [1.82, 2.24) is 4.90 Å². The highest BCUT2D eigenvalue weighted by molar-refractivity contribution is 5.97. The van der Waals surface area contributed by atoms with Crippen molar-refractivity contribution in [2.24, 2.45) is 0 Å². The highest BCUT2D eigenvalue weighted by atomic mass is 16.3. The van der Waals surface area contributed by atoms with Crippen LogP contribution in [0.1, 0.15) is 47.8 Å². The molecule has 2 aromatic carbocycles. The zero-order chi connectivity index (χ0) is 17.3. The van der Waals surface area contributed by atoms with Gasteiger partial charge in [-0.05, 0) is 40.7 Å². The van der Waals surface area contributed by atoms with Crippen LogP contribution in [0.2, 0.25) is 0 Å².